The van der Waals surface area contributed by atoms with Gasteiger partial charge in [0.05, 0.1) is 11.5 Å². The number of likely N-dealkylation sites (tertiary alicyclic amines) is 1. The molecule has 3 saturated carbocycles. The van der Waals surface area contributed by atoms with Crippen LogP contribution in [-0.4, -0.2) is 77.5 Å². The first kappa shape index (κ1) is 13.2. The zero-order chi connectivity index (χ0) is 14.9. The van der Waals surface area contributed by atoms with E-state index in [1.54, 1.807) is 0 Å². The van der Waals surface area contributed by atoms with Crippen molar-refractivity contribution < 1.29 is 9.59 Å². The third kappa shape index (κ3) is 1.49. The summed E-state index contributed by atoms with van der Waals surface area (Å²) in [5.74, 6) is 0.373. The molecular formula is C16H24N4O2. The lowest BCUT2D eigenvalue weighted by atomic mass is 9.38. The topological polar surface area (TPSA) is 55.9 Å². The smallest absolute Gasteiger partial charge is 0.320 e. The van der Waals surface area contributed by atoms with Crippen LogP contribution < -0.4 is 5.32 Å². The Morgan fingerprint density at radius 2 is 1.86 bits per heavy atom. The van der Waals surface area contributed by atoms with Crippen LogP contribution in [0.1, 0.15) is 32.1 Å². The fraction of sp³-hybridized carbons (Fsp3) is 0.875. The maximum atomic E-state index is 12.7. The van der Waals surface area contributed by atoms with E-state index in [-0.39, 0.29) is 17.0 Å². The number of hydrogen-bond donors (Lipinski definition) is 1. The van der Waals surface area contributed by atoms with Gasteiger partial charge in [-0.2, -0.15) is 0 Å². The molecule has 3 aliphatic heterocycles. The molecule has 0 aromatic carbocycles. The van der Waals surface area contributed by atoms with E-state index in [9.17, 15) is 9.59 Å². The summed E-state index contributed by atoms with van der Waals surface area (Å²) in [6.07, 6.45) is 5.04. The fourth-order valence-corrected chi connectivity index (χ4v) is 5.52. The number of hydrogen-bond acceptors (Lipinski definition) is 3. The number of carbonyl (C=O) groups excluding carboxylic acids is 2. The second-order valence-corrected chi connectivity index (χ2v) is 7.98. The van der Waals surface area contributed by atoms with Gasteiger partial charge >= 0.3 is 6.03 Å². The third-order valence-corrected chi connectivity index (χ3v) is 6.64. The van der Waals surface area contributed by atoms with Crippen molar-refractivity contribution in [2.24, 2.45) is 5.41 Å². The molecular weight excluding hydrogens is 280 g/mol. The molecule has 0 spiro atoms. The molecule has 22 heavy (non-hydrogen) atoms. The Bertz CT molecular complexity index is 522. The molecule has 6 rings (SSSR count). The van der Waals surface area contributed by atoms with Gasteiger partial charge in [0.2, 0.25) is 5.91 Å². The van der Waals surface area contributed by atoms with E-state index < -0.39 is 0 Å². The van der Waals surface area contributed by atoms with E-state index in [1.807, 2.05) is 4.90 Å². The van der Waals surface area contributed by atoms with Crippen molar-refractivity contribution in [1.82, 2.24) is 20.0 Å². The van der Waals surface area contributed by atoms with Crippen LogP contribution in [0.2, 0.25) is 0 Å². The lowest BCUT2D eigenvalue weighted by Gasteiger charge is -2.72. The predicted molar refractivity (Wildman–Crippen MR) is 80.3 cm³/mol. The lowest BCUT2D eigenvalue weighted by molar-refractivity contribution is -0.212. The summed E-state index contributed by atoms with van der Waals surface area (Å²) in [6, 6.07) is 0.550. The Hall–Kier alpha value is -1.30. The highest BCUT2D eigenvalue weighted by atomic mass is 16.2. The maximum absolute atomic E-state index is 12.7. The molecule has 6 fully saturated rings. The Morgan fingerprint density at radius 3 is 2.55 bits per heavy atom. The molecule has 1 unspecified atom stereocenters. The van der Waals surface area contributed by atoms with E-state index in [2.05, 4.69) is 15.1 Å². The molecule has 3 heterocycles. The van der Waals surface area contributed by atoms with Crippen molar-refractivity contribution >= 4 is 11.9 Å². The van der Waals surface area contributed by atoms with Crippen LogP contribution in [-0.2, 0) is 4.79 Å². The van der Waals surface area contributed by atoms with Crippen molar-refractivity contribution in [3.05, 3.63) is 0 Å². The van der Waals surface area contributed by atoms with Gasteiger partial charge in [-0.3, -0.25) is 4.79 Å². The second-order valence-electron chi connectivity index (χ2n) is 7.98. The number of carbonyl (C=O) groups is 2. The Labute approximate surface area is 130 Å². The highest BCUT2D eigenvalue weighted by Gasteiger charge is 2.76. The predicted octanol–water partition coefficient (Wildman–Crippen LogP) is 0.241. The van der Waals surface area contributed by atoms with E-state index in [4.69, 9.17) is 0 Å². The summed E-state index contributed by atoms with van der Waals surface area (Å²) in [6.45, 7) is 5.37. The minimum absolute atomic E-state index is 0.0177. The summed E-state index contributed by atoms with van der Waals surface area (Å²) in [5, 5.41) is 3.38. The number of nitrogens with zero attached hydrogens (tertiary/aromatic N) is 3. The lowest BCUT2D eigenvalue weighted by Crippen LogP contribution is -2.78. The molecule has 3 saturated heterocycles. The molecule has 1 N–H and O–H groups in total. The van der Waals surface area contributed by atoms with Crippen LogP contribution in [0.3, 0.4) is 0 Å². The summed E-state index contributed by atoms with van der Waals surface area (Å²) in [7, 11) is 0. The number of fused-ring (bicyclic) bond motifs is 1. The Kier molecular flexibility index (Phi) is 2.49. The van der Waals surface area contributed by atoms with E-state index >= 15 is 0 Å². The summed E-state index contributed by atoms with van der Waals surface area (Å²) in [4.78, 5) is 31.5. The van der Waals surface area contributed by atoms with Crippen LogP contribution in [0, 0.1) is 5.41 Å². The Morgan fingerprint density at radius 1 is 1.14 bits per heavy atom. The monoisotopic (exact) mass is 304 g/mol. The maximum Gasteiger partial charge on any atom is 0.320 e. The zero-order valence-electron chi connectivity index (χ0n) is 13.0. The molecule has 6 heteroatoms. The number of piperazine rings is 1. The van der Waals surface area contributed by atoms with Crippen molar-refractivity contribution in [2.75, 3.05) is 39.3 Å². The summed E-state index contributed by atoms with van der Waals surface area (Å²) in [5.41, 5.74) is -0.0875. The minimum atomic E-state index is -0.105. The van der Waals surface area contributed by atoms with Crippen LogP contribution in [0.4, 0.5) is 4.79 Å². The van der Waals surface area contributed by atoms with Gasteiger partial charge in [-0.15, -0.1) is 0 Å². The van der Waals surface area contributed by atoms with Gasteiger partial charge in [-0.05, 0) is 32.1 Å². The minimum Gasteiger partial charge on any atom is -0.342 e. The Balaban J connectivity index is 1.28. The van der Waals surface area contributed by atoms with Crippen LogP contribution in [0.25, 0.3) is 0 Å². The van der Waals surface area contributed by atoms with Gasteiger partial charge < -0.3 is 20.0 Å². The second kappa shape index (κ2) is 4.16. The van der Waals surface area contributed by atoms with Crippen molar-refractivity contribution in [1.29, 1.82) is 0 Å². The highest BCUT2D eigenvalue weighted by molar-refractivity contribution is 5.89. The molecule has 6 nitrogen and oxygen atoms in total. The molecule has 0 aromatic heterocycles. The molecule has 3 aliphatic carbocycles. The van der Waals surface area contributed by atoms with Crippen LogP contribution in [0.15, 0.2) is 0 Å². The highest BCUT2D eigenvalue weighted by Crippen LogP contribution is 2.71. The van der Waals surface area contributed by atoms with Gasteiger partial charge in [-0.25, -0.2) is 4.79 Å². The molecule has 0 radical (unpaired) electrons. The molecule has 0 aromatic rings. The van der Waals surface area contributed by atoms with Gasteiger partial charge in [0, 0.05) is 44.8 Å². The van der Waals surface area contributed by atoms with E-state index in [0.29, 0.717) is 11.9 Å². The molecule has 3 amide bonds. The first-order valence-corrected chi connectivity index (χ1v) is 8.72. The van der Waals surface area contributed by atoms with E-state index in [0.717, 1.165) is 71.4 Å². The average molecular weight is 304 g/mol. The van der Waals surface area contributed by atoms with Crippen molar-refractivity contribution in [3.8, 4) is 0 Å². The normalized spacial score (nSPS) is 43.0. The molecule has 1 atom stereocenters. The first-order valence-electron chi connectivity index (χ1n) is 8.72. The summed E-state index contributed by atoms with van der Waals surface area (Å²) < 4.78 is 0. The number of urea groups is 1. The molecule has 6 aliphatic rings. The third-order valence-electron chi connectivity index (χ3n) is 6.64. The molecule has 120 valence electrons. The average Bonchev–Trinajstić information content (AvgIpc) is 3.06. The largest absolute Gasteiger partial charge is 0.342 e. The van der Waals surface area contributed by atoms with Gasteiger partial charge in [0.1, 0.15) is 0 Å². The first-order chi connectivity index (χ1) is 10.6. The number of amides is 3. The molecule has 2 bridgehead atoms. The number of rotatable bonds is 2. The summed E-state index contributed by atoms with van der Waals surface area (Å²) >= 11 is 0. The van der Waals surface area contributed by atoms with E-state index in [1.165, 1.54) is 0 Å². The van der Waals surface area contributed by atoms with Gasteiger partial charge in [0.25, 0.3) is 0 Å². The van der Waals surface area contributed by atoms with Crippen LogP contribution in [0.5, 0.6) is 0 Å². The van der Waals surface area contributed by atoms with Crippen molar-refractivity contribution in [2.45, 2.75) is 43.7 Å². The standard InChI is InChI=1S/C16H24N4O2/c21-13(18-4-1-2-5-18)15-9-16(10-15,11-15)20-8-12-7-17-3-6-19(12)14(20)22/h12,17H,1-11H2. The number of nitrogens with one attached hydrogen (secondary N) is 1. The quantitative estimate of drug-likeness (QED) is 0.795. The van der Waals surface area contributed by atoms with Gasteiger partial charge in [-0.1, -0.05) is 0 Å². The van der Waals surface area contributed by atoms with Gasteiger partial charge in [0.15, 0.2) is 0 Å². The van der Waals surface area contributed by atoms with Crippen LogP contribution >= 0.6 is 0 Å². The SMILES string of the molecule is O=C1N2CCNCC2CN1C12CC(C(=O)N3CCCC3)(C1)C2. The zero-order valence-corrected chi connectivity index (χ0v) is 13.0. The fourth-order valence-electron chi connectivity index (χ4n) is 5.52. The van der Waals surface area contributed by atoms with Crippen molar-refractivity contribution in [3.63, 3.8) is 0 Å².